The van der Waals surface area contributed by atoms with Crippen LogP contribution >= 0.6 is 23.2 Å². The Bertz CT molecular complexity index is 401. The first kappa shape index (κ1) is 9.81. The molecular formula is C10H8Cl2O2. The number of ether oxygens (including phenoxy) is 1. The molecule has 0 bridgehead atoms. The Hall–Kier alpha value is -0.730. The van der Waals surface area contributed by atoms with Gasteiger partial charge in [-0.05, 0) is 19.1 Å². The van der Waals surface area contributed by atoms with Gasteiger partial charge in [0.15, 0.2) is 5.78 Å². The van der Waals surface area contributed by atoms with E-state index in [1.165, 1.54) is 0 Å². The standard InChI is InChI=1S/C10H8Cl2O2/c1-5-2-9(13)7-3-6(11)4-8(12)10(7)14-5/h3-5H,2H2,1H3. The number of carbonyl (C=O) groups is 1. The fourth-order valence-corrected chi connectivity index (χ4v) is 2.04. The van der Waals surface area contributed by atoms with E-state index in [2.05, 4.69) is 0 Å². The minimum absolute atomic E-state index is 0.0307. The molecule has 0 spiro atoms. The van der Waals surface area contributed by atoms with Crippen molar-refractivity contribution in [2.45, 2.75) is 19.4 Å². The summed E-state index contributed by atoms with van der Waals surface area (Å²) in [5.74, 6) is 0.489. The maximum atomic E-state index is 11.6. The zero-order valence-electron chi connectivity index (χ0n) is 7.51. The number of Topliss-reactive ketones (excluding diaryl/α,β-unsaturated/α-hetero) is 1. The second-order valence-electron chi connectivity index (χ2n) is 3.32. The first-order valence-corrected chi connectivity index (χ1v) is 5.02. The fourth-order valence-electron chi connectivity index (χ4n) is 1.50. The van der Waals surface area contributed by atoms with Crippen molar-refractivity contribution < 1.29 is 9.53 Å². The van der Waals surface area contributed by atoms with Crippen LogP contribution < -0.4 is 4.74 Å². The third-order valence-electron chi connectivity index (χ3n) is 2.10. The number of carbonyl (C=O) groups excluding carboxylic acids is 1. The maximum Gasteiger partial charge on any atom is 0.170 e. The Labute approximate surface area is 91.8 Å². The Morgan fingerprint density at radius 3 is 2.86 bits per heavy atom. The van der Waals surface area contributed by atoms with Crippen molar-refractivity contribution in [2.75, 3.05) is 0 Å². The number of ketones is 1. The summed E-state index contributed by atoms with van der Waals surface area (Å²) < 4.78 is 5.48. The van der Waals surface area contributed by atoms with E-state index in [0.717, 1.165) is 0 Å². The highest BCUT2D eigenvalue weighted by atomic mass is 35.5. The van der Waals surface area contributed by atoms with Gasteiger partial charge in [-0.2, -0.15) is 0 Å². The van der Waals surface area contributed by atoms with Crippen molar-refractivity contribution in [1.82, 2.24) is 0 Å². The minimum atomic E-state index is -0.117. The monoisotopic (exact) mass is 230 g/mol. The molecule has 2 rings (SSSR count). The molecule has 14 heavy (non-hydrogen) atoms. The number of hydrogen-bond donors (Lipinski definition) is 0. The van der Waals surface area contributed by atoms with Gasteiger partial charge in [-0.1, -0.05) is 23.2 Å². The Kier molecular flexibility index (Phi) is 2.41. The average Bonchev–Trinajstić information content (AvgIpc) is 2.07. The smallest absolute Gasteiger partial charge is 0.170 e. The second-order valence-corrected chi connectivity index (χ2v) is 4.16. The van der Waals surface area contributed by atoms with Gasteiger partial charge in [-0.25, -0.2) is 0 Å². The molecule has 0 saturated heterocycles. The lowest BCUT2D eigenvalue weighted by atomic mass is 10.0. The van der Waals surface area contributed by atoms with Crippen molar-refractivity contribution in [3.05, 3.63) is 27.7 Å². The molecule has 0 N–H and O–H groups in total. The van der Waals surface area contributed by atoms with Crippen LogP contribution in [0.25, 0.3) is 0 Å². The molecule has 1 heterocycles. The fraction of sp³-hybridized carbons (Fsp3) is 0.300. The molecule has 0 aromatic heterocycles. The van der Waals surface area contributed by atoms with Crippen molar-refractivity contribution in [3.8, 4) is 5.75 Å². The molecule has 0 fully saturated rings. The average molecular weight is 231 g/mol. The van der Waals surface area contributed by atoms with E-state index in [-0.39, 0.29) is 11.9 Å². The molecule has 2 nitrogen and oxygen atoms in total. The SMILES string of the molecule is CC1CC(=O)c2cc(Cl)cc(Cl)c2O1. The summed E-state index contributed by atoms with van der Waals surface area (Å²) in [4.78, 5) is 11.6. The van der Waals surface area contributed by atoms with Gasteiger partial charge in [-0.3, -0.25) is 4.79 Å². The molecule has 1 aliphatic rings. The molecule has 74 valence electrons. The number of benzene rings is 1. The Morgan fingerprint density at radius 1 is 1.43 bits per heavy atom. The summed E-state index contributed by atoms with van der Waals surface area (Å²) >= 11 is 11.7. The van der Waals surface area contributed by atoms with Crippen molar-refractivity contribution in [3.63, 3.8) is 0 Å². The number of halogens is 2. The van der Waals surface area contributed by atoms with E-state index in [0.29, 0.717) is 27.8 Å². The molecule has 0 aliphatic carbocycles. The highest BCUT2D eigenvalue weighted by Crippen LogP contribution is 2.36. The summed E-state index contributed by atoms with van der Waals surface area (Å²) in [5.41, 5.74) is 0.487. The van der Waals surface area contributed by atoms with E-state index in [1.54, 1.807) is 12.1 Å². The highest BCUT2D eigenvalue weighted by molar-refractivity contribution is 6.36. The van der Waals surface area contributed by atoms with Crippen LogP contribution in [0.2, 0.25) is 10.0 Å². The van der Waals surface area contributed by atoms with Crippen LogP contribution in [-0.2, 0) is 0 Å². The van der Waals surface area contributed by atoms with Crippen molar-refractivity contribution >= 4 is 29.0 Å². The van der Waals surface area contributed by atoms with Gasteiger partial charge >= 0.3 is 0 Å². The molecule has 0 saturated carbocycles. The van der Waals surface area contributed by atoms with Crippen LogP contribution in [0, 0.1) is 0 Å². The van der Waals surface area contributed by atoms with E-state index < -0.39 is 0 Å². The van der Waals surface area contributed by atoms with Gasteiger partial charge in [0, 0.05) is 11.4 Å². The van der Waals surface area contributed by atoms with E-state index in [4.69, 9.17) is 27.9 Å². The predicted molar refractivity (Wildman–Crippen MR) is 55.5 cm³/mol. The lowest BCUT2D eigenvalue weighted by Crippen LogP contribution is -2.24. The van der Waals surface area contributed by atoms with Crippen LogP contribution in [0.3, 0.4) is 0 Å². The van der Waals surface area contributed by atoms with Gasteiger partial charge in [-0.15, -0.1) is 0 Å². The van der Waals surface area contributed by atoms with Crippen LogP contribution in [0.5, 0.6) is 5.75 Å². The molecule has 1 unspecified atom stereocenters. The van der Waals surface area contributed by atoms with Crippen LogP contribution in [0.15, 0.2) is 12.1 Å². The molecule has 0 radical (unpaired) electrons. The van der Waals surface area contributed by atoms with Gasteiger partial charge in [0.25, 0.3) is 0 Å². The molecule has 0 amide bonds. The topological polar surface area (TPSA) is 26.3 Å². The van der Waals surface area contributed by atoms with E-state index >= 15 is 0 Å². The van der Waals surface area contributed by atoms with Gasteiger partial charge in [0.2, 0.25) is 0 Å². The molecule has 4 heteroatoms. The summed E-state index contributed by atoms with van der Waals surface area (Å²) in [6, 6.07) is 3.17. The molecule has 1 aliphatic heterocycles. The largest absolute Gasteiger partial charge is 0.488 e. The molecular weight excluding hydrogens is 223 g/mol. The molecule has 1 aromatic carbocycles. The van der Waals surface area contributed by atoms with Crippen molar-refractivity contribution in [1.29, 1.82) is 0 Å². The third kappa shape index (κ3) is 1.60. The zero-order valence-corrected chi connectivity index (χ0v) is 9.02. The van der Waals surface area contributed by atoms with Crippen molar-refractivity contribution in [2.24, 2.45) is 0 Å². The van der Waals surface area contributed by atoms with Gasteiger partial charge < -0.3 is 4.74 Å². The Morgan fingerprint density at radius 2 is 2.14 bits per heavy atom. The maximum absolute atomic E-state index is 11.6. The molecule has 1 aromatic rings. The summed E-state index contributed by atoms with van der Waals surface area (Å²) in [6.45, 7) is 1.84. The summed E-state index contributed by atoms with van der Waals surface area (Å²) in [7, 11) is 0. The number of fused-ring (bicyclic) bond motifs is 1. The zero-order chi connectivity index (χ0) is 10.3. The second kappa shape index (κ2) is 3.44. The van der Waals surface area contributed by atoms with Crippen LogP contribution in [0.1, 0.15) is 23.7 Å². The first-order chi connectivity index (χ1) is 6.58. The van der Waals surface area contributed by atoms with E-state index in [9.17, 15) is 4.79 Å². The Balaban J connectivity index is 2.59. The quantitative estimate of drug-likeness (QED) is 0.684. The number of hydrogen-bond acceptors (Lipinski definition) is 2. The predicted octanol–water partition coefficient (Wildman–Crippen LogP) is 3.35. The summed E-state index contributed by atoms with van der Waals surface area (Å²) in [5, 5.41) is 0.854. The highest BCUT2D eigenvalue weighted by Gasteiger charge is 2.25. The number of rotatable bonds is 0. The van der Waals surface area contributed by atoms with Gasteiger partial charge in [0.05, 0.1) is 10.6 Å². The lowest BCUT2D eigenvalue weighted by Gasteiger charge is -2.23. The van der Waals surface area contributed by atoms with Crippen LogP contribution in [0.4, 0.5) is 0 Å². The van der Waals surface area contributed by atoms with E-state index in [1.807, 2.05) is 6.92 Å². The minimum Gasteiger partial charge on any atom is -0.488 e. The molecule has 1 atom stereocenters. The summed E-state index contributed by atoms with van der Waals surface area (Å²) in [6.07, 6.45) is 0.262. The van der Waals surface area contributed by atoms with Crippen LogP contribution in [-0.4, -0.2) is 11.9 Å². The lowest BCUT2D eigenvalue weighted by molar-refractivity contribution is 0.0871. The normalized spacial score (nSPS) is 20.2. The third-order valence-corrected chi connectivity index (χ3v) is 2.60. The first-order valence-electron chi connectivity index (χ1n) is 4.27. The van der Waals surface area contributed by atoms with Gasteiger partial charge in [0.1, 0.15) is 11.9 Å².